The molecule has 1 aliphatic rings. The van der Waals surface area contributed by atoms with E-state index < -0.39 is 37.8 Å². The average Bonchev–Trinajstić information content (AvgIpc) is 2.64. The summed E-state index contributed by atoms with van der Waals surface area (Å²) in [4.78, 5) is 0.0101. The van der Waals surface area contributed by atoms with E-state index in [4.69, 9.17) is 0 Å². The summed E-state index contributed by atoms with van der Waals surface area (Å²) in [5.74, 6) is -0.799. The number of rotatable bonds is 3. The first-order valence-electron chi connectivity index (χ1n) is 5.86. The SMILES string of the molecule is CN([C@@H]1CS(=O)(=O)C[C@@H]1O)S(=O)(=O)c1cc(Br)ccc1Br. The van der Waals surface area contributed by atoms with E-state index in [2.05, 4.69) is 31.9 Å². The summed E-state index contributed by atoms with van der Waals surface area (Å²) in [5.41, 5.74) is 0. The Balaban J connectivity index is 2.42. The van der Waals surface area contributed by atoms with Gasteiger partial charge in [-0.15, -0.1) is 0 Å². The predicted molar refractivity (Wildman–Crippen MR) is 85.2 cm³/mol. The molecule has 0 saturated carbocycles. The van der Waals surface area contributed by atoms with E-state index in [1.54, 1.807) is 12.1 Å². The molecular weight excluding hydrogens is 450 g/mol. The number of halogens is 2. The van der Waals surface area contributed by atoms with Crippen LogP contribution >= 0.6 is 31.9 Å². The third-order valence-corrected chi connectivity index (χ3v) is 8.38. The molecule has 0 aromatic heterocycles. The highest BCUT2D eigenvalue weighted by Gasteiger charge is 2.43. The number of aliphatic hydroxyl groups is 1. The normalized spacial score (nSPS) is 25.4. The van der Waals surface area contributed by atoms with E-state index in [9.17, 15) is 21.9 Å². The summed E-state index contributed by atoms with van der Waals surface area (Å²) in [6.07, 6.45) is -1.22. The van der Waals surface area contributed by atoms with Crippen molar-refractivity contribution in [1.29, 1.82) is 0 Å². The molecule has 2 rings (SSSR count). The van der Waals surface area contributed by atoms with Crippen LogP contribution in [0.5, 0.6) is 0 Å². The topological polar surface area (TPSA) is 91.8 Å². The molecule has 1 aromatic carbocycles. The Kier molecular flexibility index (Phi) is 4.87. The number of aliphatic hydroxyl groups excluding tert-OH is 1. The lowest BCUT2D eigenvalue weighted by Crippen LogP contribution is -2.44. The Morgan fingerprint density at radius 3 is 2.43 bits per heavy atom. The number of likely N-dealkylation sites (N-methyl/N-ethyl adjacent to an activating group) is 1. The van der Waals surface area contributed by atoms with Crippen molar-refractivity contribution in [3.8, 4) is 0 Å². The van der Waals surface area contributed by atoms with Crippen LogP contribution in [-0.4, -0.2) is 56.9 Å². The first kappa shape index (κ1) is 17.4. The van der Waals surface area contributed by atoms with Crippen LogP contribution < -0.4 is 0 Å². The van der Waals surface area contributed by atoms with Gasteiger partial charge in [0.05, 0.1) is 28.5 Å². The van der Waals surface area contributed by atoms with Gasteiger partial charge in [0.2, 0.25) is 10.0 Å². The lowest BCUT2D eigenvalue weighted by Gasteiger charge is -2.25. The Labute approximate surface area is 140 Å². The fraction of sp³-hybridized carbons (Fsp3) is 0.455. The van der Waals surface area contributed by atoms with E-state index >= 15 is 0 Å². The molecule has 0 unspecified atom stereocenters. The first-order chi connectivity index (χ1) is 9.54. The molecule has 2 atom stereocenters. The molecule has 0 bridgehead atoms. The molecule has 1 N–H and O–H groups in total. The third-order valence-electron chi connectivity index (χ3n) is 3.31. The number of nitrogens with zero attached hydrogens (tertiary/aromatic N) is 1. The van der Waals surface area contributed by atoms with Crippen LogP contribution in [0.3, 0.4) is 0 Å². The molecule has 1 aliphatic heterocycles. The fourth-order valence-electron chi connectivity index (χ4n) is 2.17. The zero-order valence-electron chi connectivity index (χ0n) is 10.9. The maximum absolute atomic E-state index is 12.6. The average molecular weight is 463 g/mol. The van der Waals surface area contributed by atoms with Gasteiger partial charge in [-0.2, -0.15) is 4.31 Å². The summed E-state index contributed by atoms with van der Waals surface area (Å²) >= 11 is 6.38. The maximum atomic E-state index is 12.6. The molecule has 1 saturated heterocycles. The lowest BCUT2D eigenvalue weighted by atomic mass is 10.2. The van der Waals surface area contributed by atoms with E-state index in [0.29, 0.717) is 8.95 Å². The zero-order chi connectivity index (χ0) is 16.0. The van der Waals surface area contributed by atoms with Crippen LogP contribution in [-0.2, 0) is 19.9 Å². The van der Waals surface area contributed by atoms with Crippen molar-refractivity contribution in [2.24, 2.45) is 0 Å². The molecule has 0 radical (unpaired) electrons. The van der Waals surface area contributed by atoms with Crippen LogP contribution in [0.1, 0.15) is 0 Å². The van der Waals surface area contributed by atoms with Crippen LogP contribution in [0.25, 0.3) is 0 Å². The highest BCUT2D eigenvalue weighted by Crippen LogP contribution is 2.30. The quantitative estimate of drug-likeness (QED) is 0.723. The van der Waals surface area contributed by atoms with Gasteiger partial charge in [0.15, 0.2) is 9.84 Å². The minimum atomic E-state index is -3.93. The summed E-state index contributed by atoms with van der Waals surface area (Å²) in [5, 5.41) is 9.82. The Morgan fingerprint density at radius 1 is 1.29 bits per heavy atom. The molecule has 1 heterocycles. The second kappa shape index (κ2) is 5.89. The van der Waals surface area contributed by atoms with Crippen LogP contribution in [0.4, 0.5) is 0 Å². The molecule has 21 heavy (non-hydrogen) atoms. The van der Waals surface area contributed by atoms with Crippen molar-refractivity contribution in [2.75, 3.05) is 18.6 Å². The molecule has 0 spiro atoms. The van der Waals surface area contributed by atoms with Crippen molar-refractivity contribution < 1.29 is 21.9 Å². The smallest absolute Gasteiger partial charge is 0.244 e. The van der Waals surface area contributed by atoms with Gasteiger partial charge in [-0.25, -0.2) is 16.8 Å². The molecule has 1 fully saturated rings. The highest BCUT2D eigenvalue weighted by atomic mass is 79.9. The first-order valence-corrected chi connectivity index (χ1v) is 10.7. The molecule has 0 amide bonds. The summed E-state index contributed by atoms with van der Waals surface area (Å²) in [6.45, 7) is 0. The number of sulfonamides is 1. The van der Waals surface area contributed by atoms with Crippen molar-refractivity contribution in [3.05, 3.63) is 27.1 Å². The maximum Gasteiger partial charge on any atom is 0.244 e. The Morgan fingerprint density at radius 2 is 1.90 bits per heavy atom. The number of sulfone groups is 1. The van der Waals surface area contributed by atoms with Gasteiger partial charge in [-0.1, -0.05) is 15.9 Å². The highest BCUT2D eigenvalue weighted by molar-refractivity contribution is 9.11. The predicted octanol–water partition coefficient (Wildman–Crippen LogP) is 0.990. The molecule has 0 aliphatic carbocycles. The van der Waals surface area contributed by atoms with Crippen molar-refractivity contribution in [3.63, 3.8) is 0 Å². The number of hydrogen-bond acceptors (Lipinski definition) is 5. The summed E-state index contributed by atoms with van der Waals surface area (Å²) in [6, 6.07) is 3.70. The summed E-state index contributed by atoms with van der Waals surface area (Å²) in [7, 11) is -6.08. The summed E-state index contributed by atoms with van der Waals surface area (Å²) < 4.78 is 50.2. The minimum absolute atomic E-state index is 0.0101. The van der Waals surface area contributed by atoms with Crippen LogP contribution in [0.2, 0.25) is 0 Å². The van der Waals surface area contributed by atoms with E-state index in [-0.39, 0.29) is 10.6 Å². The van der Waals surface area contributed by atoms with E-state index in [0.717, 1.165) is 4.31 Å². The van der Waals surface area contributed by atoms with Gasteiger partial charge < -0.3 is 5.11 Å². The van der Waals surface area contributed by atoms with Crippen LogP contribution in [0.15, 0.2) is 32.0 Å². The van der Waals surface area contributed by atoms with Crippen molar-refractivity contribution in [2.45, 2.75) is 17.0 Å². The Bertz CT molecular complexity index is 763. The monoisotopic (exact) mass is 461 g/mol. The van der Waals surface area contributed by atoms with Gasteiger partial charge in [0.25, 0.3) is 0 Å². The van der Waals surface area contributed by atoms with Gasteiger partial charge in [-0.05, 0) is 34.1 Å². The second-order valence-corrected chi connectivity index (χ2v) is 10.7. The largest absolute Gasteiger partial charge is 0.390 e. The molecule has 1 aromatic rings. The van der Waals surface area contributed by atoms with Gasteiger partial charge in [-0.3, -0.25) is 0 Å². The van der Waals surface area contributed by atoms with E-state index in [1.165, 1.54) is 13.1 Å². The molecule has 10 heteroatoms. The van der Waals surface area contributed by atoms with Gasteiger partial charge >= 0.3 is 0 Å². The van der Waals surface area contributed by atoms with Gasteiger partial charge in [0.1, 0.15) is 0 Å². The third kappa shape index (κ3) is 3.50. The minimum Gasteiger partial charge on any atom is -0.390 e. The molecular formula is C11H13Br2NO5S2. The fourth-order valence-corrected chi connectivity index (χ4v) is 6.95. The van der Waals surface area contributed by atoms with Crippen molar-refractivity contribution >= 4 is 51.7 Å². The van der Waals surface area contributed by atoms with Crippen LogP contribution in [0, 0.1) is 0 Å². The Hall–Kier alpha value is -0.000000000000000111. The second-order valence-electron chi connectivity index (χ2n) is 4.81. The van der Waals surface area contributed by atoms with Crippen molar-refractivity contribution in [1.82, 2.24) is 4.31 Å². The van der Waals surface area contributed by atoms with E-state index in [1.807, 2.05) is 0 Å². The standard InChI is InChI=1S/C11H13Br2NO5S2/c1-14(9-5-20(16,17)6-10(9)15)21(18,19)11-4-7(12)2-3-8(11)13/h2-4,9-10,15H,5-6H2,1H3/t9-,10+/m1/s1. The number of hydrogen-bond donors (Lipinski definition) is 1. The molecule has 6 nitrogen and oxygen atoms in total. The molecule has 118 valence electrons. The zero-order valence-corrected chi connectivity index (χ0v) is 15.7. The van der Waals surface area contributed by atoms with Gasteiger partial charge in [0, 0.05) is 16.0 Å². The number of benzene rings is 1. The lowest BCUT2D eigenvalue weighted by molar-refractivity contribution is 0.137.